The lowest BCUT2D eigenvalue weighted by molar-refractivity contribution is -0.862. The highest BCUT2D eigenvalue weighted by Crippen LogP contribution is 2.09. The molecule has 2 rings (SSSR count). The molecule has 128 valence electrons. The number of hydrogen-bond acceptors (Lipinski definition) is 3. The number of quaternary nitrogens is 1. The summed E-state index contributed by atoms with van der Waals surface area (Å²) in [5, 5.41) is 14.2. The topological polar surface area (TPSA) is 86.4 Å². The molecule has 2 aromatic carbocycles. The summed E-state index contributed by atoms with van der Waals surface area (Å²) in [4.78, 5) is 24.6. The van der Waals surface area contributed by atoms with Crippen LogP contribution in [0.4, 0.5) is 15.8 Å². The first-order valence-electron chi connectivity index (χ1n) is 7.63. The lowest BCUT2D eigenvalue weighted by Crippen LogP contribution is -3.11. The molecule has 0 bridgehead atoms. The second-order valence-electron chi connectivity index (χ2n) is 5.61. The van der Waals surface area contributed by atoms with E-state index < -0.39 is 0 Å². The van der Waals surface area contributed by atoms with E-state index in [1.54, 1.807) is 31.3 Å². The molecule has 0 radical (unpaired) electrons. The Balaban J connectivity index is 1.81. The molecule has 3 N–H and O–H groups in total. The Morgan fingerprint density at radius 1 is 1.04 bits per heavy atom. The Labute approximate surface area is 144 Å². The highest BCUT2D eigenvalue weighted by molar-refractivity contribution is 5.93. The smallest absolute Gasteiger partial charge is 0.279 e. The number of nitrogens with one attached hydrogen (secondary N) is 3. The van der Waals surface area contributed by atoms with Crippen molar-refractivity contribution >= 4 is 23.2 Å². The molecule has 0 saturated heterocycles. The van der Waals surface area contributed by atoms with Gasteiger partial charge in [-0.1, -0.05) is 6.07 Å². The van der Waals surface area contributed by atoms with Crippen LogP contribution in [0.25, 0.3) is 0 Å². The highest BCUT2D eigenvalue weighted by Gasteiger charge is 2.14. The van der Waals surface area contributed by atoms with Crippen molar-refractivity contribution in [1.82, 2.24) is 0 Å². The van der Waals surface area contributed by atoms with Crippen LogP contribution in [0, 0.1) is 17.1 Å². The molecule has 0 aliphatic rings. The van der Waals surface area contributed by atoms with Crippen LogP contribution in [0.5, 0.6) is 0 Å². The number of halogens is 1. The fourth-order valence-corrected chi connectivity index (χ4v) is 2.22. The molecule has 1 atom stereocenters. The normalized spacial score (nSPS) is 11.2. The molecule has 0 spiro atoms. The van der Waals surface area contributed by atoms with Gasteiger partial charge >= 0.3 is 0 Å². The Hall–Kier alpha value is -3.24. The van der Waals surface area contributed by atoms with Gasteiger partial charge in [-0.15, -0.1) is 0 Å². The summed E-state index contributed by atoms with van der Waals surface area (Å²) in [6.07, 6.45) is 0. The van der Waals surface area contributed by atoms with Gasteiger partial charge in [0, 0.05) is 11.4 Å². The molecule has 7 heteroatoms. The third-order valence-corrected chi connectivity index (χ3v) is 3.33. The number of likely N-dealkylation sites (N-methyl/N-ethyl adjacent to an activating group) is 1. The van der Waals surface area contributed by atoms with Gasteiger partial charge in [-0.25, -0.2) is 4.39 Å². The van der Waals surface area contributed by atoms with Gasteiger partial charge in [-0.3, -0.25) is 9.59 Å². The summed E-state index contributed by atoms with van der Waals surface area (Å²) < 4.78 is 12.8. The minimum Gasteiger partial charge on any atom is -0.322 e. The van der Waals surface area contributed by atoms with Crippen LogP contribution in [0.1, 0.15) is 5.56 Å². The largest absolute Gasteiger partial charge is 0.322 e. The van der Waals surface area contributed by atoms with Gasteiger partial charge in [0.15, 0.2) is 13.1 Å². The highest BCUT2D eigenvalue weighted by atomic mass is 19.1. The van der Waals surface area contributed by atoms with E-state index in [1.807, 2.05) is 6.07 Å². The second kappa shape index (κ2) is 8.57. The van der Waals surface area contributed by atoms with Crippen molar-refractivity contribution in [2.24, 2.45) is 0 Å². The molecule has 0 saturated carbocycles. The predicted octanol–water partition coefficient (Wildman–Crippen LogP) is 0.789. The molecular formula is C18H18FN4O2+. The minimum absolute atomic E-state index is 0.0863. The number of carbonyl (C=O) groups excluding carboxylic acids is 2. The molecule has 0 aromatic heterocycles. The first-order valence-corrected chi connectivity index (χ1v) is 7.63. The third kappa shape index (κ3) is 6.05. The average molecular weight is 341 g/mol. The van der Waals surface area contributed by atoms with Crippen LogP contribution in [-0.2, 0) is 9.59 Å². The first kappa shape index (κ1) is 18.1. The van der Waals surface area contributed by atoms with Crippen molar-refractivity contribution in [2.45, 2.75) is 0 Å². The van der Waals surface area contributed by atoms with Gasteiger partial charge in [0.25, 0.3) is 11.8 Å². The maximum Gasteiger partial charge on any atom is 0.279 e. The van der Waals surface area contributed by atoms with Crippen molar-refractivity contribution in [3.8, 4) is 6.07 Å². The van der Waals surface area contributed by atoms with E-state index in [0.717, 1.165) is 0 Å². The van der Waals surface area contributed by atoms with Gasteiger partial charge in [0.2, 0.25) is 0 Å². The molecule has 0 aliphatic carbocycles. The lowest BCUT2D eigenvalue weighted by atomic mass is 10.2. The van der Waals surface area contributed by atoms with Crippen LogP contribution < -0.4 is 15.5 Å². The number of nitrogens with zero attached hydrogens (tertiary/aromatic N) is 1. The molecule has 1 unspecified atom stereocenters. The van der Waals surface area contributed by atoms with E-state index in [-0.39, 0.29) is 30.7 Å². The average Bonchev–Trinajstić information content (AvgIpc) is 2.56. The number of benzene rings is 2. The van der Waals surface area contributed by atoms with Crippen LogP contribution in [0.15, 0.2) is 48.5 Å². The molecule has 0 aliphatic heterocycles. The fraction of sp³-hybridized carbons (Fsp3) is 0.167. The van der Waals surface area contributed by atoms with Gasteiger partial charge in [0.1, 0.15) is 5.82 Å². The summed E-state index contributed by atoms with van der Waals surface area (Å²) in [5.41, 5.74) is 1.49. The summed E-state index contributed by atoms with van der Waals surface area (Å²) >= 11 is 0. The molecule has 0 fully saturated rings. The molecule has 6 nitrogen and oxygen atoms in total. The lowest BCUT2D eigenvalue weighted by Gasteiger charge is -2.14. The zero-order valence-electron chi connectivity index (χ0n) is 13.7. The van der Waals surface area contributed by atoms with Crippen molar-refractivity contribution in [2.75, 3.05) is 30.8 Å². The third-order valence-electron chi connectivity index (χ3n) is 3.33. The number of rotatable bonds is 6. The van der Waals surface area contributed by atoms with E-state index in [4.69, 9.17) is 5.26 Å². The quantitative estimate of drug-likeness (QED) is 0.726. The van der Waals surface area contributed by atoms with Crippen molar-refractivity contribution < 1.29 is 18.9 Å². The second-order valence-corrected chi connectivity index (χ2v) is 5.61. The maximum atomic E-state index is 12.8. The van der Waals surface area contributed by atoms with Crippen LogP contribution in [-0.4, -0.2) is 32.0 Å². The van der Waals surface area contributed by atoms with E-state index in [2.05, 4.69) is 10.6 Å². The molecule has 0 heterocycles. The molecule has 25 heavy (non-hydrogen) atoms. The Bertz CT molecular complexity index is 799. The SMILES string of the molecule is C[NH+](CC(=O)Nc1ccc(F)cc1)CC(=O)Nc1cccc(C#N)c1. The summed E-state index contributed by atoms with van der Waals surface area (Å²) in [5.74, 6) is -0.913. The number of amides is 2. The van der Waals surface area contributed by atoms with Gasteiger partial charge in [-0.2, -0.15) is 5.26 Å². The van der Waals surface area contributed by atoms with Crippen LogP contribution >= 0.6 is 0 Å². The fourth-order valence-electron chi connectivity index (χ4n) is 2.22. The number of hydrogen-bond donors (Lipinski definition) is 3. The van der Waals surface area contributed by atoms with E-state index in [0.29, 0.717) is 21.8 Å². The summed E-state index contributed by atoms with van der Waals surface area (Å²) in [7, 11) is 1.72. The van der Waals surface area contributed by atoms with Crippen molar-refractivity contribution in [3.63, 3.8) is 0 Å². The molecular weight excluding hydrogens is 323 g/mol. The maximum absolute atomic E-state index is 12.8. The van der Waals surface area contributed by atoms with Gasteiger partial charge < -0.3 is 15.5 Å². The van der Waals surface area contributed by atoms with Crippen LogP contribution in [0.2, 0.25) is 0 Å². The zero-order chi connectivity index (χ0) is 18.2. The van der Waals surface area contributed by atoms with Crippen molar-refractivity contribution in [1.29, 1.82) is 5.26 Å². The molecule has 2 aromatic rings. The van der Waals surface area contributed by atoms with E-state index in [9.17, 15) is 14.0 Å². The molecule has 2 amide bonds. The number of anilines is 2. The Morgan fingerprint density at radius 3 is 2.24 bits per heavy atom. The summed E-state index contributed by atoms with van der Waals surface area (Å²) in [6.45, 7) is 0.177. The zero-order valence-corrected chi connectivity index (χ0v) is 13.7. The van der Waals surface area contributed by atoms with Gasteiger partial charge in [-0.05, 0) is 42.5 Å². The van der Waals surface area contributed by atoms with E-state index >= 15 is 0 Å². The number of carbonyl (C=O) groups is 2. The first-order chi connectivity index (χ1) is 12.0. The minimum atomic E-state index is -0.377. The summed E-state index contributed by atoms with van der Waals surface area (Å²) in [6, 6.07) is 14.1. The number of nitriles is 1. The van der Waals surface area contributed by atoms with Crippen molar-refractivity contribution in [3.05, 3.63) is 59.9 Å². The standard InChI is InChI=1S/C18H17FN4O2/c1-23(11-17(24)21-15-7-5-14(19)6-8-15)12-18(25)22-16-4-2-3-13(9-16)10-20/h2-9H,11-12H2,1H3,(H,21,24)(H,22,25)/p+1. The monoisotopic (exact) mass is 341 g/mol. The Morgan fingerprint density at radius 2 is 1.64 bits per heavy atom. The van der Waals surface area contributed by atoms with E-state index in [1.165, 1.54) is 24.3 Å². The van der Waals surface area contributed by atoms with Gasteiger partial charge in [0.05, 0.1) is 18.7 Å². The van der Waals surface area contributed by atoms with Crippen LogP contribution in [0.3, 0.4) is 0 Å². The predicted molar refractivity (Wildman–Crippen MR) is 91.4 cm³/mol. The Kier molecular flexibility index (Phi) is 6.20.